The first-order chi connectivity index (χ1) is 10.1. The summed E-state index contributed by atoms with van der Waals surface area (Å²) in [5.41, 5.74) is 2.92. The number of carbonyl (C=O) groups is 1. The molecule has 0 bridgehead atoms. The van der Waals surface area contributed by atoms with Crippen LogP contribution in [0.1, 0.15) is 21.8 Å². The molecule has 1 amide bonds. The molecule has 5 heteroatoms. The molecule has 0 unspecified atom stereocenters. The van der Waals surface area contributed by atoms with E-state index < -0.39 is 0 Å². The van der Waals surface area contributed by atoms with Crippen LogP contribution in [0.4, 0.5) is 0 Å². The Hall–Kier alpha value is -2.33. The third kappa shape index (κ3) is 3.06. The Kier molecular flexibility index (Phi) is 3.62. The second-order valence-corrected chi connectivity index (χ2v) is 5.16. The fourth-order valence-electron chi connectivity index (χ4n) is 2.07. The van der Waals surface area contributed by atoms with Crippen LogP contribution in [0.15, 0.2) is 46.9 Å². The van der Waals surface area contributed by atoms with Crippen molar-refractivity contribution in [2.45, 2.75) is 13.5 Å². The van der Waals surface area contributed by atoms with Gasteiger partial charge in [-0.1, -0.05) is 23.7 Å². The summed E-state index contributed by atoms with van der Waals surface area (Å²) in [7, 11) is 0. The van der Waals surface area contributed by atoms with Crippen molar-refractivity contribution < 1.29 is 9.21 Å². The maximum Gasteiger partial charge on any atom is 0.251 e. The van der Waals surface area contributed by atoms with Crippen LogP contribution in [0.25, 0.3) is 11.1 Å². The Morgan fingerprint density at radius 1 is 1.24 bits per heavy atom. The number of aryl methyl sites for hydroxylation is 1. The monoisotopic (exact) mass is 300 g/mol. The molecule has 3 rings (SSSR count). The molecule has 0 radical (unpaired) electrons. The van der Waals surface area contributed by atoms with Crippen LogP contribution in [-0.2, 0) is 6.54 Å². The fourth-order valence-corrected chi connectivity index (χ4v) is 2.20. The highest BCUT2D eigenvalue weighted by molar-refractivity contribution is 6.30. The minimum absolute atomic E-state index is 0.146. The van der Waals surface area contributed by atoms with Gasteiger partial charge >= 0.3 is 0 Å². The van der Waals surface area contributed by atoms with E-state index in [1.54, 1.807) is 37.3 Å². The topological polar surface area (TPSA) is 55.1 Å². The van der Waals surface area contributed by atoms with Crippen molar-refractivity contribution in [1.82, 2.24) is 10.3 Å². The molecular formula is C16H13ClN2O2. The van der Waals surface area contributed by atoms with Gasteiger partial charge in [0, 0.05) is 24.1 Å². The predicted molar refractivity (Wildman–Crippen MR) is 81.4 cm³/mol. The molecule has 1 aromatic heterocycles. The molecule has 2 aromatic carbocycles. The van der Waals surface area contributed by atoms with Gasteiger partial charge in [-0.05, 0) is 35.9 Å². The van der Waals surface area contributed by atoms with Gasteiger partial charge in [0.05, 0.1) is 0 Å². The highest BCUT2D eigenvalue weighted by Crippen LogP contribution is 2.17. The van der Waals surface area contributed by atoms with Gasteiger partial charge in [-0.3, -0.25) is 4.79 Å². The third-order valence-electron chi connectivity index (χ3n) is 3.12. The molecule has 4 nitrogen and oxygen atoms in total. The normalized spacial score (nSPS) is 10.8. The lowest BCUT2D eigenvalue weighted by molar-refractivity contribution is 0.0951. The first-order valence-electron chi connectivity index (χ1n) is 6.52. The highest BCUT2D eigenvalue weighted by atomic mass is 35.5. The lowest BCUT2D eigenvalue weighted by atomic mass is 10.2. The van der Waals surface area contributed by atoms with Gasteiger partial charge in [0.2, 0.25) is 0 Å². The van der Waals surface area contributed by atoms with Gasteiger partial charge in [0.25, 0.3) is 5.91 Å². The molecule has 1 heterocycles. The molecule has 0 fully saturated rings. The summed E-state index contributed by atoms with van der Waals surface area (Å²) in [4.78, 5) is 16.4. The first-order valence-corrected chi connectivity index (χ1v) is 6.89. The van der Waals surface area contributed by atoms with E-state index in [-0.39, 0.29) is 5.91 Å². The molecule has 0 saturated carbocycles. The maximum absolute atomic E-state index is 12.1. The average Bonchev–Trinajstić information content (AvgIpc) is 2.85. The van der Waals surface area contributed by atoms with Crippen LogP contribution in [0.3, 0.4) is 0 Å². The average molecular weight is 301 g/mol. The molecule has 106 valence electrons. The standard InChI is InChI=1S/C16H13ClN2O2/c1-10-19-14-8-12(4-7-15(14)21-10)16(20)18-9-11-2-5-13(17)6-3-11/h2-8H,9H2,1H3,(H,18,20). The quantitative estimate of drug-likeness (QED) is 0.802. The van der Waals surface area contributed by atoms with E-state index in [1.807, 2.05) is 12.1 Å². The Balaban J connectivity index is 1.72. The van der Waals surface area contributed by atoms with E-state index >= 15 is 0 Å². The Morgan fingerprint density at radius 2 is 2.00 bits per heavy atom. The van der Waals surface area contributed by atoms with Gasteiger partial charge in [-0.15, -0.1) is 0 Å². The molecule has 0 spiro atoms. The molecule has 1 N–H and O–H groups in total. The van der Waals surface area contributed by atoms with Gasteiger partial charge < -0.3 is 9.73 Å². The zero-order valence-corrected chi connectivity index (χ0v) is 12.1. The van der Waals surface area contributed by atoms with Crippen molar-refractivity contribution in [2.75, 3.05) is 0 Å². The Morgan fingerprint density at radius 3 is 2.76 bits per heavy atom. The number of amides is 1. The van der Waals surface area contributed by atoms with Crippen LogP contribution >= 0.6 is 11.6 Å². The number of carbonyl (C=O) groups excluding carboxylic acids is 1. The van der Waals surface area contributed by atoms with Crippen molar-refractivity contribution >= 4 is 28.6 Å². The molecule has 0 aliphatic heterocycles. The van der Waals surface area contributed by atoms with E-state index in [0.717, 1.165) is 5.56 Å². The molecule has 21 heavy (non-hydrogen) atoms. The first kappa shape index (κ1) is 13.6. The van der Waals surface area contributed by atoms with Gasteiger partial charge in [0.1, 0.15) is 5.52 Å². The van der Waals surface area contributed by atoms with Gasteiger partial charge in [-0.2, -0.15) is 0 Å². The van der Waals surface area contributed by atoms with Crippen molar-refractivity contribution in [3.05, 3.63) is 64.5 Å². The van der Waals surface area contributed by atoms with Crippen LogP contribution in [0.2, 0.25) is 5.02 Å². The van der Waals surface area contributed by atoms with Crippen molar-refractivity contribution in [3.8, 4) is 0 Å². The number of rotatable bonds is 3. The summed E-state index contributed by atoms with van der Waals surface area (Å²) in [6, 6.07) is 12.6. The van der Waals surface area contributed by atoms with E-state index in [2.05, 4.69) is 10.3 Å². The van der Waals surface area contributed by atoms with E-state index in [1.165, 1.54) is 0 Å². The predicted octanol–water partition coefficient (Wildman–Crippen LogP) is 3.72. The van der Waals surface area contributed by atoms with Crippen molar-refractivity contribution in [1.29, 1.82) is 0 Å². The largest absolute Gasteiger partial charge is 0.441 e. The maximum atomic E-state index is 12.1. The van der Waals surface area contributed by atoms with E-state index in [4.69, 9.17) is 16.0 Å². The van der Waals surface area contributed by atoms with Crippen LogP contribution in [-0.4, -0.2) is 10.9 Å². The highest BCUT2D eigenvalue weighted by Gasteiger charge is 2.09. The smallest absolute Gasteiger partial charge is 0.251 e. The van der Waals surface area contributed by atoms with Crippen molar-refractivity contribution in [3.63, 3.8) is 0 Å². The van der Waals surface area contributed by atoms with Gasteiger partial charge in [0.15, 0.2) is 11.5 Å². The van der Waals surface area contributed by atoms with Crippen LogP contribution < -0.4 is 5.32 Å². The Labute approximate surface area is 126 Å². The van der Waals surface area contributed by atoms with Gasteiger partial charge in [-0.25, -0.2) is 4.98 Å². The summed E-state index contributed by atoms with van der Waals surface area (Å²) in [6.45, 7) is 2.23. The molecular weight excluding hydrogens is 288 g/mol. The number of hydrogen-bond donors (Lipinski definition) is 1. The molecule has 0 aliphatic carbocycles. The summed E-state index contributed by atoms with van der Waals surface area (Å²) in [5.74, 6) is 0.441. The fraction of sp³-hybridized carbons (Fsp3) is 0.125. The van der Waals surface area contributed by atoms with E-state index in [9.17, 15) is 4.79 Å². The number of halogens is 1. The molecule has 3 aromatic rings. The summed E-state index contributed by atoms with van der Waals surface area (Å²) < 4.78 is 5.39. The summed E-state index contributed by atoms with van der Waals surface area (Å²) in [6.07, 6.45) is 0. The number of nitrogens with zero attached hydrogens (tertiary/aromatic N) is 1. The number of nitrogens with one attached hydrogen (secondary N) is 1. The zero-order valence-electron chi connectivity index (χ0n) is 11.4. The number of aromatic nitrogens is 1. The number of fused-ring (bicyclic) bond motifs is 1. The zero-order chi connectivity index (χ0) is 14.8. The number of oxazole rings is 1. The Bertz CT molecular complexity index is 794. The second-order valence-electron chi connectivity index (χ2n) is 4.72. The van der Waals surface area contributed by atoms with Crippen LogP contribution in [0.5, 0.6) is 0 Å². The number of benzene rings is 2. The lowest BCUT2D eigenvalue weighted by Gasteiger charge is -2.05. The third-order valence-corrected chi connectivity index (χ3v) is 3.37. The van der Waals surface area contributed by atoms with Crippen molar-refractivity contribution in [2.24, 2.45) is 0 Å². The molecule has 0 saturated heterocycles. The molecule has 0 atom stereocenters. The van der Waals surface area contributed by atoms with E-state index in [0.29, 0.717) is 34.1 Å². The minimum atomic E-state index is -0.146. The summed E-state index contributed by atoms with van der Waals surface area (Å²) >= 11 is 5.82. The SMILES string of the molecule is Cc1nc2cc(C(=O)NCc3ccc(Cl)cc3)ccc2o1. The van der Waals surface area contributed by atoms with Crippen LogP contribution in [0, 0.1) is 6.92 Å². The lowest BCUT2D eigenvalue weighted by Crippen LogP contribution is -2.22. The minimum Gasteiger partial charge on any atom is -0.441 e. The summed E-state index contributed by atoms with van der Waals surface area (Å²) in [5, 5.41) is 3.54. The molecule has 0 aliphatic rings. The second kappa shape index (κ2) is 5.58. The number of hydrogen-bond acceptors (Lipinski definition) is 3.